The maximum absolute atomic E-state index is 12.5. The molecule has 2 aromatic carbocycles. The van der Waals surface area contributed by atoms with Crippen molar-refractivity contribution in [2.24, 2.45) is 0 Å². The molecule has 0 saturated carbocycles. The van der Waals surface area contributed by atoms with Gasteiger partial charge in [0.1, 0.15) is 5.75 Å². The third-order valence-electron chi connectivity index (χ3n) is 3.64. The third kappa shape index (κ3) is 6.03. The Hall–Kier alpha value is -2.45. The second kappa shape index (κ2) is 10.8. The van der Waals surface area contributed by atoms with E-state index in [-0.39, 0.29) is 16.9 Å². The quantitative estimate of drug-likeness (QED) is 0.538. The zero-order valence-electron chi connectivity index (χ0n) is 15.7. The Balaban J connectivity index is 2.05. The molecule has 0 unspecified atom stereocenters. The molecule has 8 heteroatoms. The molecule has 0 spiro atoms. The molecule has 0 aliphatic heterocycles. The molecule has 0 atom stereocenters. The highest BCUT2D eigenvalue weighted by Crippen LogP contribution is 2.26. The number of thiocarbonyl (C=S) groups is 1. The molecule has 2 aromatic rings. The lowest BCUT2D eigenvalue weighted by Gasteiger charge is -2.14. The second-order valence-electron chi connectivity index (χ2n) is 5.81. The topological polar surface area (TPSA) is 79.5 Å². The molecule has 0 aliphatic rings. The summed E-state index contributed by atoms with van der Waals surface area (Å²) in [5, 5.41) is 8.37. The first-order valence-electron chi connectivity index (χ1n) is 8.88. The number of benzene rings is 2. The average molecular weight is 464 g/mol. The van der Waals surface area contributed by atoms with Gasteiger partial charge >= 0.3 is 0 Å². The van der Waals surface area contributed by atoms with E-state index < -0.39 is 0 Å². The van der Waals surface area contributed by atoms with Gasteiger partial charge < -0.3 is 15.4 Å². The van der Waals surface area contributed by atoms with Gasteiger partial charge in [-0.05, 0) is 71.8 Å². The number of hydrogen-bond acceptors (Lipinski definition) is 4. The Labute approximate surface area is 178 Å². The van der Waals surface area contributed by atoms with Crippen molar-refractivity contribution < 1.29 is 14.3 Å². The SMILES string of the molecule is CCCOc1ccc(C(=O)NC(=S)Nc2ccccc2C(=O)NCC)cc1Br. The minimum absolute atomic E-state index is 0.101. The molecule has 0 aromatic heterocycles. The minimum Gasteiger partial charge on any atom is -0.492 e. The van der Waals surface area contributed by atoms with Crippen LogP contribution in [-0.4, -0.2) is 30.1 Å². The molecule has 0 radical (unpaired) electrons. The van der Waals surface area contributed by atoms with E-state index in [2.05, 4.69) is 31.9 Å². The van der Waals surface area contributed by atoms with Crippen molar-refractivity contribution in [2.45, 2.75) is 20.3 Å². The van der Waals surface area contributed by atoms with Crippen molar-refractivity contribution in [1.82, 2.24) is 10.6 Å². The molecule has 0 fully saturated rings. The van der Waals surface area contributed by atoms with E-state index in [1.165, 1.54) is 0 Å². The number of amides is 2. The Bertz CT molecular complexity index is 874. The highest BCUT2D eigenvalue weighted by molar-refractivity contribution is 9.10. The van der Waals surface area contributed by atoms with Gasteiger partial charge in [0.25, 0.3) is 11.8 Å². The van der Waals surface area contributed by atoms with Crippen molar-refractivity contribution in [2.75, 3.05) is 18.5 Å². The van der Waals surface area contributed by atoms with Crippen LogP contribution in [0.5, 0.6) is 5.75 Å². The number of para-hydroxylation sites is 1. The molecule has 28 heavy (non-hydrogen) atoms. The summed E-state index contributed by atoms with van der Waals surface area (Å²) in [7, 11) is 0. The smallest absolute Gasteiger partial charge is 0.257 e. The summed E-state index contributed by atoms with van der Waals surface area (Å²) in [5.41, 5.74) is 1.39. The summed E-state index contributed by atoms with van der Waals surface area (Å²) >= 11 is 8.64. The Morgan fingerprint density at radius 3 is 2.54 bits per heavy atom. The van der Waals surface area contributed by atoms with Crippen LogP contribution >= 0.6 is 28.1 Å². The van der Waals surface area contributed by atoms with Crippen molar-refractivity contribution in [1.29, 1.82) is 0 Å². The standard InChI is InChI=1S/C20H22BrN3O3S/c1-3-11-27-17-10-9-13(12-15(17)21)18(25)24-20(28)23-16-8-6-5-7-14(16)19(26)22-4-2/h5-10,12H,3-4,11H2,1-2H3,(H,22,26)(H2,23,24,25,28). The lowest BCUT2D eigenvalue weighted by molar-refractivity contribution is 0.0954. The Morgan fingerprint density at radius 1 is 1.11 bits per heavy atom. The summed E-state index contributed by atoms with van der Waals surface area (Å²) in [5.74, 6) is 0.0945. The van der Waals surface area contributed by atoms with E-state index in [0.29, 0.717) is 40.2 Å². The number of halogens is 1. The normalized spacial score (nSPS) is 10.1. The summed E-state index contributed by atoms with van der Waals surface area (Å²) in [6.45, 7) is 4.98. The number of nitrogens with one attached hydrogen (secondary N) is 3. The number of hydrogen-bond donors (Lipinski definition) is 3. The van der Waals surface area contributed by atoms with Crippen LogP contribution in [0.15, 0.2) is 46.9 Å². The lowest BCUT2D eigenvalue weighted by atomic mass is 10.1. The predicted molar refractivity (Wildman–Crippen MR) is 118 cm³/mol. The zero-order chi connectivity index (χ0) is 20.5. The molecule has 2 amide bonds. The third-order valence-corrected chi connectivity index (χ3v) is 4.46. The minimum atomic E-state index is -0.365. The fraction of sp³-hybridized carbons (Fsp3) is 0.250. The summed E-state index contributed by atoms with van der Waals surface area (Å²) < 4.78 is 6.27. The maximum atomic E-state index is 12.5. The van der Waals surface area contributed by atoms with Crippen LogP contribution in [0.1, 0.15) is 41.0 Å². The van der Waals surface area contributed by atoms with E-state index in [9.17, 15) is 9.59 Å². The predicted octanol–water partition coefficient (Wildman–Crippen LogP) is 4.11. The van der Waals surface area contributed by atoms with Gasteiger partial charge in [-0.2, -0.15) is 0 Å². The number of rotatable bonds is 7. The van der Waals surface area contributed by atoms with Crippen LogP contribution in [0.2, 0.25) is 0 Å². The van der Waals surface area contributed by atoms with Gasteiger partial charge in [0, 0.05) is 12.1 Å². The molecule has 0 aliphatic carbocycles. The lowest BCUT2D eigenvalue weighted by Crippen LogP contribution is -2.35. The van der Waals surface area contributed by atoms with Crippen molar-refractivity contribution >= 4 is 50.8 Å². The highest BCUT2D eigenvalue weighted by Gasteiger charge is 2.14. The van der Waals surface area contributed by atoms with E-state index in [4.69, 9.17) is 17.0 Å². The van der Waals surface area contributed by atoms with Gasteiger partial charge in [-0.1, -0.05) is 19.1 Å². The van der Waals surface area contributed by atoms with Gasteiger partial charge in [-0.15, -0.1) is 0 Å². The molecule has 0 bridgehead atoms. The summed E-state index contributed by atoms with van der Waals surface area (Å²) in [6, 6.07) is 12.0. The number of ether oxygens (including phenoxy) is 1. The Morgan fingerprint density at radius 2 is 1.86 bits per heavy atom. The summed E-state index contributed by atoms with van der Waals surface area (Å²) in [6.07, 6.45) is 0.895. The molecule has 6 nitrogen and oxygen atoms in total. The first kappa shape index (κ1) is 21.8. The number of anilines is 1. The fourth-order valence-electron chi connectivity index (χ4n) is 2.35. The second-order valence-corrected chi connectivity index (χ2v) is 7.07. The number of carbonyl (C=O) groups is 2. The van der Waals surface area contributed by atoms with Gasteiger partial charge in [0.2, 0.25) is 0 Å². The molecule has 3 N–H and O–H groups in total. The van der Waals surface area contributed by atoms with Crippen molar-refractivity contribution in [3.63, 3.8) is 0 Å². The van der Waals surface area contributed by atoms with Crippen LogP contribution in [-0.2, 0) is 0 Å². The van der Waals surface area contributed by atoms with Crippen LogP contribution in [0.25, 0.3) is 0 Å². The van der Waals surface area contributed by atoms with Gasteiger partial charge in [-0.3, -0.25) is 14.9 Å². The summed E-state index contributed by atoms with van der Waals surface area (Å²) in [4.78, 5) is 24.6. The number of carbonyl (C=O) groups excluding carboxylic acids is 2. The van der Waals surface area contributed by atoms with Crippen LogP contribution in [0, 0.1) is 0 Å². The monoisotopic (exact) mass is 463 g/mol. The highest BCUT2D eigenvalue weighted by atomic mass is 79.9. The Kier molecular flexibility index (Phi) is 8.41. The molecule has 0 heterocycles. The van der Waals surface area contributed by atoms with E-state index >= 15 is 0 Å². The van der Waals surface area contributed by atoms with Crippen molar-refractivity contribution in [3.8, 4) is 5.75 Å². The first-order chi connectivity index (χ1) is 13.5. The molecular weight excluding hydrogens is 442 g/mol. The van der Waals surface area contributed by atoms with E-state index in [0.717, 1.165) is 6.42 Å². The zero-order valence-corrected chi connectivity index (χ0v) is 18.1. The van der Waals surface area contributed by atoms with Gasteiger partial charge in [0.05, 0.1) is 22.3 Å². The first-order valence-corrected chi connectivity index (χ1v) is 10.1. The molecule has 148 valence electrons. The van der Waals surface area contributed by atoms with Gasteiger partial charge in [-0.25, -0.2) is 0 Å². The van der Waals surface area contributed by atoms with Crippen LogP contribution < -0.4 is 20.7 Å². The van der Waals surface area contributed by atoms with Crippen molar-refractivity contribution in [3.05, 3.63) is 58.1 Å². The average Bonchev–Trinajstić information content (AvgIpc) is 2.67. The molecule has 2 rings (SSSR count). The van der Waals surface area contributed by atoms with Gasteiger partial charge in [0.15, 0.2) is 5.11 Å². The van der Waals surface area contributed by atoms with E-state index in [1.54, 1.807) is 42.5 Å². The molecule has 0 saturated heterocycles. The van der Waals surface area contributed by atoms with Crippen LogP contribution in [0.4, 0.5) is 5.69 Å². The maximum Gasteiger partial charge on any atom is 0.257 e. The fourth-order valence-corrected chi connectivity index (χ4v) is 3.04. The van der Waals surface area contributed by atoms with Crippen LogP contribution in [0.3, 0.4) is 0 Å². The molecular formula is C20H22BrN3O3S. The largest absolute Gasteiger partial charge is 0.492 e. The van der Waals surface area contributed by atoms with E-state index in [1.807, 2.05) is 13.8 Å².